The number of likely N-dealkylation sites (N-methyl/N-ethyl adjacent to an activating group) is 1. The first-order valence-electron chi connectivity index (χ1n) is 7.90. The number of benzene rings is 2. The molecule has 0 spiro atoms. The second-order valence-electron chi connectivity index (χ2n) is 6.11. The van der Waals surface area contributed by atoms with Gasteiger partial charge in [-0.1, -0.05) is 36.1 Å². The maximum Gasteiger partial charge on any atom is 0.267 e. The summed E-state index contributed by atoms with van der Waals surface area (Å²) in [6.07, 6.45) is 0.301. The molecule has 25 heavy (non-hydrogen) atoms. The molecule has 0 radical (unpaired) electrons. The normalized spacial score (nSPS) is 19.4. The molecule has 2 aromatic rings. The van der Waals surface area contributed by atoms with Crippen LogP contribution in [-0.4, -0.2) is 41.0 Å². The molecule has 5 nitrogen and oxygen atoms in total. The van der Waals surface area contributed by atoms with Crippen LogP contribution in [0, 0.1) is 11.8 Å². The Morgan fingerprint density at radius 3 is 2.52 bits per heavy atom. The van der Waals surface area contributed by atoms with Gasteiger partial charge in [-0.25, -0.2) is 0 Å². The molecule has 1 aliphatic heterocycles. The molecular formula is C20H18N2O3. The van der Waals surface area contributed by atoms with Crippen molar-refractivity contribution in [2.24, 2.45) is 5.73 Å². The Kier molecular flexibility index (Phi) is 4.30. The van der Waals surface area contributed by atoms with Crippen LogP contribution in [0.15, 0.2) is 48.5 Å². The Morgan fingerprint density at radius 1 is 1.20 bits per heavy atom. The third-order valence-corrected chi connectivity index (χ3v) is 4.27. The van der Waals surface area contributed by atoms with Crippen molar-refractivity contribution in [1.29, 1.82) is 0 Å². The minimum Gasteiger partial charge on any atom is -0.369 e. The number of rotatable bonds is 2. The van der Waals surface area contributed by atoms with E-state index < -0.39 is 11.5 Å². The van der Waals surface area contributed by atoms with E-state index in [1.807, 2.05) is 24.3 Å². The van der Waals surface area contributed by atoms with Gasteiger partial charge in [0.2, 0.25) is 11.5 Å². The van der Waals surface area contributed by atoms with Crippen LogP contribution in [0.2, 0.25) is 0 Å². The highest BCUT2D eigenvalue weighted by molar-refractivity contribution is 5.94. The molecule has 3 N–H and O–H groups in total. The van der Waals surface area contributed by atoms with Gasteiger partial charge < -0.3 is 15.7 Å². The van der Waals surface area contributed by atoms with Crippen molar-refractivity contribution < 1.29 is 14.7 Å². The molecule has 126 valence electrons. The van der Waals surface area contributed by atoms with Crippen molar-refractivity contribution in [2.45, 2.75) is 12.0 Å². The fourth-order valence-electron chi connectivity index (χ4n) is 2.77. The summed E-state index contributed by atoms with van der Waals surface area (Å²) in [5.41, 5.74) is 6.53. The standard InChI is InChI=1S/C20H18N2O3/c1-22-11-10-20(25,19(22)24)9-8-14-4-2-5-15(12-14)16-6-3-7-17(13-16)18(21)23/h2-7,12-13,25H,10-11H2,1H3,(H2,21,23). The van der Waals surface area contributed by atoms with Gasteiger partial charge in [0.05, 0.1) is 0 Å². The van der Waals surface area contributed by atoms with Gasteiger partial charge in [-0.15, -0.1) is 0 Å². The Balaban J connectivity index is 1.91. The van der Waals surface area contributed by atoms with E-state index in [1.54, 1.807) is 31.3 Å². The average molecular weight is 334 g/mol. The number of nitrogens with zero attached hydrogens (tertiary/aromatic N) is 1. The van der Waals surface area contributed by atoms with Crippen LogP contribution in [0.25, 0.3) is 11.1 Å². The molecule has 1 aliphatic rings. The Hall–Kier alpha value is -3.10. The highest BCUT2D eigenvalue weighted by atomic mass is 16.3. The third-order valence-electron chi connectivity index (χ3n) is 4.27. The van der Waals surface area contributed by atoms with Crippen molar-refractivity contribution in [1.82, 2.24) is 4.90 Å². The maximum atomic E-state index is 12.0. The Labute approximate surface area is 146 Å². The summed E-state index contributed by atoms with van der Waals surface area (Å²) in [5.74, 6) is 4.74. The monoisotopic (exact) mass is 334 g/mol. The number of likely N-dealkylation sites (tertiary alicyclic amines) is 1. The number of primary amides is 1. The van der Waals surface area contributed by atoms with E-state index in [0.29, 0.717) is 24.1 Å². The third kappa shape index (κ3) is 3.39. The maximum absolute atomic E-state index is 12.0. The molecule has 1 atom stereocenters. The Bertz CT molecular complexity index is 910. The summed E-state index contributed by atoms with van der Waals surface area (Å²) in [5, 5.41) is 10.4. The van der Waals surface area contributed by atoms with Crippen molar-refractivity contribution in [3.63, 3.8) is 0 Å². The molecule has 0 aromatic heterocycles. The lowest BCUT2D eigenvalue weighted by atomic mass is 9.99. The second kappa shape index (κ2) is 6.42. The van der Waals surface area contributed by atoms with Gasteiger partial charge in [0.1, 0.15) is 0 Å². The zero-order chi connectivity index (χ0) is 18.0. The number of hydrogen-bond acceptors (Lipinski definition) is 3. The molecule has 2 amide bonds. The summed E-state index contributed by atoms with van der Waals surface area (Å²) >= 11 is 0. The highest BCUT2D eigenvalue weighted by Gasteiger charge is 2.42. The quantitative estimate of drug-likeness (QED) is 0.814. The van der Waals surface area contributed by atoms with E-state index >= 15 is 0 Å². The first-order valence-corrected chi connectivity index (χ1v) is 7.90. The number of aliphatic hydroxyl groups is 1. The number of hydrogen-bond donors (Lipinski definition) is 2. The number of amides is 2. The number of carbonyl (C=O) groups excluding carboxylic acids is 2. The SMILES string of the molecule is CN1CCC(O)(C#Cc2cccc(-c3cccc(C(N)=O)c3)c2)C1=O. The van der Waals surface area contributed by atoms with Crippen LogP contribution in [0.5, 0.6) is 0 Å². The fourth-order valence-corrected chi connectivity index (χ4v) is 2.77. The molecule has 1 unspecified atom stereocenters. The molecule has 5 heteroatoms. The molecule has 2 aromatic carbocycles. The highest BCUT2D eigenvalue weighted by Crippen LogP contribution is 2.23. The van der Waals surface area contributed by atoms with E-state index in [1.165, 1.54) is 4.90 Å². The summed E-state index contributed by atoms with van der Waals surface area (Å²) in [7, 11) is 1.65. The lowest BCUT2D eigenvalue weighted by molar-refractivity contribution is -0.137. The van der Waals surface area contributed by atoms with E-state index in [4.69, 9.17) is 5.73 Å². The van der Waals surface area contributed by atoms with Gasteiger partial charge in [0.15, 0.2) is 0 Å². The van der Waals surface area contributed by atoms with Gasteiger partial charge in [-0.3, -0.25) is 9.59 Å². The van der Waals surface area contributed by atoms with Crippen LogP contribution in [0.1, 0.15) is 22.3 Å². The van der Waals surface area contributed by atoms with E-state index in [9.17, 15) is 14.7 Å². The molecule has 3 rings (SSSR count). The van der Waals surface area contributed by atoms with Gasteiger partial charge in [0, 0.05) is 31.1 Å². The van der Waals surface area contributed by atoms with Crippen LogP contribution in [-0.2, 0) is 4.79 Å². The van der Waals surface area contributed by atoms with Gasteiger partial charge in [-0.2, -0.15) is 0 Å². The number of carbonyl (C=O) groups is 2. The van der Waals surface area contributed by atoms with Crippen molar-refractivity contribution in [3.05, 3.63) is 59.7 Å². The minimum absolute atomic E-state index is 0.301. The first kappa shape index (κ1) is 16.7. The van der Waals surface area contributed by atoms with Crippen molar-refractivity contribution in [3.8, 4) is 23.0 Å². The van der Waals surface area contributed by atoms with Crippen LogP contribution in [0.4, 0.5) is 0 Å². The molecular weight excluding hydrogens is 316 g/mol. The summed E-state index contributed by atoms with van der Waals surface area (Å²) in [4.78, 5) is 24.8. The average Bonchev–Trinajstić information content (AvgIpc) is 2.88. The van der Waals surface area contributed by atoms with Crippen molar-refractivity contribution in [2.75, 3.05) is 13.6 Å². The van der Waals surface area contributed by atoms with Gasteiger partial charge in [0.25, 0.3) is 5.91 Å². The first-order chi connectivity index (χ1) is 11.9. The van der Waals surface area contributed by atoms with E-state index in [-0.39, 0.29) is 5.91 Å². The van der Waals surface area contributed by atoms with E-state index in [0.717, 1.165) is 11.1 Å². The predicted octanol–water partition coefficient (Wildman–Crippen LogP) is 1.40. The molecule has 1 saturated heterocycles. The van der Waals surface area contributed by atoms with Crippen LogP contribution < -0.4 is 5.73 Å². The zero-order valence-electron chi connectivity index (χ0n) is 13.8. The summed E-state index contributed by atoms with van der Waals surface area (Å²) < 4.78 is 0. The largest absolute Gasteiger partial charge is 0.369 e. The topological polar surface area (TPSA) is 83.6 Å². The van der Waals surface area contributed by atoms with Gasteiger partial charge in [-0.05, 0) is 35.4 Å². The zero-order valence-corrected chi connectivity index (χ0v) is 13.8. The molecule has 1 fully saturated rings. The predicted molar refractivity (Wildman–Crippen MR) is 94.5 cm³/mol. The summed E-state index contributed by atoms with van der Waals surface area (Å²) in [6, 6.07) is 14.4. The molecule has 0 saturated carbocycles. The lowest BCUT2D eigenvalue weighted by Crippen LogP contribution is -2.37. The molecule has 0 bridgehead atoms. The number of nitrogens with two attached hydrogens (primary N) is 1. The minimum atomic E-state index is -1.61. The van der Waals surface area contributed by atoms with Gasteiger partial charge >= 0.3 is 0 Å². The summed E-state index contributed by atoms with van der Waals surface area (Å²) in [6.45, 7) is 0.490. The van der Waals surface area contributed by atoms with Crippen molar-refractivity contribution >= 4 is 11.8 Å². The second-order valence-corrected chi connectivity index (χ2v) is 6.11. The molecule has 0 aliphatic carbocycles. The lowest BCUT2D eigenvalue weighted by Gasteiger charge is -2.13. The van der Waals surface area contributed by atoms with E-state index in [2.05, 4.69) is 11.8 Å². The van der Waals surface area contributed by atoms with Crippen LogP contribution >= 0.6 is 0 Å². The van der Waals surface area contributed by atoms with Crippen LogP contribution in [0.3, 0.4) is 0 Å². The molecule has 1 heterocycles. The smallest absolute Gasteiger partial charge is 0.267 e. The Morgan fingerprint density at radius 2 is 1.88 bits per heavy atom. The fraction of sp³-hybridized carbons (Fsp3) is 0.200.